The summed E-state index contributed by atoms with van der Waals surface area (Å²) in [5.74, 6) is 0. The molecular formula is C9H5N3O. The fraction of sp³-hybridized carbons (Fsp3) is 0. The molecule has 0 amide bonds. The third-order valence-electron chi connectivity index (χ3n) is 1.70. The van der Waals surface area contributed by atoms with E-state index in [-0.39, 0.29) is 5.56 Å². The molecular weight excluding hydrogens is 166 g/mol. The number of H-pyrrole nitrogens is 1. The molecule has 0 radical (unpaired) electrons. The second kappa shape index (κ2) is 2.72. The summed E-state index contributed by atoms with van der Waals surface area (Å²) in [6, 6.07) is 6.58. The van der Waals surface area contributed by atoms with Gasteiger partial charge in [-0.3, -0.25) is 9.78 Å². The highest BCUT2D eigenvalue weighted by molar-refractivity contribution is 5.74. The average molecular weight is 171 g/mol. The van der Waals surface area contributed by atoms with Gasteiger partial charge < -0.3 is 4.98 Å². The van der Waals surface area contributed by atoms with Crippen molar-refractivity contribution in [3.8, 4) is 6.07 Å². The molecule has 0 aliphatic heterocycles. The predicted molar refractivity (Wildman–Crippen MR) is 47.1 cm³/mol. The van der Waals surface area contributed by atoms with Gasteiger partial charge in [0.15, 0.2) is 0 Å². The average Bonchev–Trinajstić information content (AvgIpc) is 2.16. The van der Waals surface area contributed by atoms with Gasteiger partial charge in [0.05, 0.1) is 16.6 Å². The molecule has 0 fully saturated rings. The van der Waals surface area contributed by atoms with Crippen LogP contribution in [0.25, 0.3) is 11.0 Å². The Hall–Kier alpha value is -2.15. The molecule has 0 bridgehead atoms. The maximum Gasteiger partial charge on any atom is 0.248 e. The highest BCUT2D eigenvalue weighted by atomic mass is 16.1. The number of nitriles is 1. The SMILES string of the molecule is N#Cc1cnc2ccc(=O)[nH]c2c1. The first-order chi connectivity index (χ1) is 6.29. The second-order valence-electron chi connectivity index (χ2n) is 2.59. The van der Waals surface area contributed by atoms with Gasteiger partial charge in [0.25, 0.3) is 0 Å². The lowest BCUT2D eigenvalue weighted by atomic mass is 10.2. The van der Waals surface area contributed by atoms with Crippen molar-refractivity contribution >= 4 is 11.0 Å². The molecule has 0 saturated carbocycles. The minimum atomic E-state index is -0.190. The summed E-state index contributed by atoms with van der Waals surface area (Å²) in [7, 11) is 0. The highest BCUT2D eigenvalue weighted by Gasteiger charge is 1.96. The van der Waals surface area contributed by atoms with Crippen LogP contribution >= 0.6 is 0 Å². The predicted octanol–water partition coefficient (Wildman–Crippen LogP) is 0.795. The van der Waals surface area contributed by atoms with Crippen molar-refractivity contribution in [2.24, 2.45) is 0 Å². The van der Waals surface area contributed by atoms with Gasteiger partial charge in [0.1, 0.15) is 6.07 Å². The minimum absolute atomic E-state index is 0.190. The summed E-state index contributed by atoms with van der Waals surface area (Å²) in [5.41, 5.74) is 1.52. The van der Waals surface area contributed by atoms with Crippen LogP contribution in [0.15, 0.2) is 29.2 Å². The molecule has 0 aromatic carbocycles. The lowest BCUT2D eigenvalue weighted by Crippen LogP contribution is -2.02. The smallest absolute Gasteiger partial charge is 0.248 e. The largest absolute Gasteiger partial charge is 0.321 e. The first-order valence-corrected chi connectivity index (χ1v) is 3.69. The van der Waals surface area contributed by atoms with Crippen molar-refractivity contribution in [1.29, 1.82) is 5.26 Å². The Morgan fingerprint density at radius 3 is 3.08 bits per heavy atom. The first-order valence-electron chi connectivity index (χ1n) is 3.69. The van der Waals surface area contributed by atoms with Crippen LogP contribution in [-0.4, -0.2) is 9.97 Å². The summed E-state index contributed by atoms with van der Waals surface area (Å²) in [6.07, 6.45) is 1.47. The minimum Gasteiger partial charge on any atom is -0.321 e. The standard InChI is InChI=1S/C9H5N3O/c10-4-6-3-8-7(11-5-6)1-2-9(13)12-8/h1-3,5H,(H,12,13). The molecule has 0 unspecified atom stereocenters. The van der Waals surface area contributed by atoms with Crippen LogP contribution in [0, 0.1) is 11.3 Å². The van der Waals surface area contributed by atoms with Crippen LogP contribution in [0.2, 0.25) is 0 Å². The summed E-state index contributed by atoms with van der Waals surface area (Å²) >= 11 is 0. The van der Waals surface area contributed by atoms with E-state index in [1.54, 1.807) is 12.1 Å². The number of hydrogen-bond donors (Lipinski definition) is 1. The summed E-state index contributed by atoms with van der Waals surface area (Å²) < 4.78 is 0. The van der Waals surface area contributed by atoms with Crippen molar-refractivity contribution in [3.05, 3.63) is 40.3 Å². The Morgan fingerprint density at radius 1 is 1.46 bits per heavy atom. The lowest BCUT2D eigenvalue weighted by molar-refractivity contribution is 1.26. The number of aromatic amines is 1. The molecule has 4 nitrogen and oxygen atoms in total. The summed E-state index contributed by atoms with van der Waals surface area (Å²) in [6.45, 7) is 0. The topological polar surface area (TPSA) is 69.5 Å². The molecule has 1 N–H and O–H groups in total. The van der Waals surface area contributed by atoms with Gasteiger partial charge in [0.2, 0.25) is 5.56 Å². The van der Waals surface area contributed by atoms with Crippen molar-refractivity contribution in [2.75, 3.05) is 0 Å². The van der Waals surface area contributed by atoms with Gasteiger partial charge >= 0.3 is 0 Å². The van der Waals surface area contributed by atoms with E-state index in [4.69, 9.17) is 5.26 Å². The molecule has 0 aliphatic carbocycles. The maximum atomic E-state index is 10.9. The van der Waals surface area contributed by atoms with Crippen LogP contribution < -0.4 is 5.56 Å². The van der Waals surface area contributed by atoms with E-state index < -0.39 is 0 Å². The summed E-state index contributed by atoms with van der Waals surface area (Å²) in [5, 5.41) is 8.58. The van der Waals surface area contributed by atoms with E-state index >= 15 is 0 Å². The molecule has 4 heteroatoms. The number of pyridine rings is 2. The molecule has 62 valence electrons. The number of hydrogen-bond acceptors (Lipinski definition) is 3. The molecule has 0 spiro atoms. The normalized spacial score (nSPS) is 9.77. The highest BCUT2D eigenvalue weighted by Crippen LogP contribution is 2.06. The molecule has 0 atom stereocenters. The summed E-state index contributed by atoms with van der Waals surface area (Å²) in [4.78, 5) is 17.5. The third kappa shape index (κ3) is 1.27. The quantitative estimate of drug-likeness (QED) is 0.637. The van der Waals surface area contributed by atoms with Gasteiger partial charge in [-0.1, -0.05) is 0 Å². The van der Waals surface area contributed by atoms with Crippen molar-refractivity contribution in [1.82, 2.24) is 9.97 Å². The molecule has 2 aromatic rings. The Balaban J connectivity index is 2.84. The Bertz CT molecular complexity index is 551. The first kappa shape index (κ1) is 7.50. The Kier molecular flexibility index (Phi) is 1.57. The van der Waals surface area contributed by atoms with Crippen LogP contribution in [0.4, 0.5) is 0 Å². The zero-order valence-electron chi connectivity index (χ0n) is 6.61. The van der Waals surface area contributed by atoms with Crippen molar-refractivity contribution < 1.29 is 0 Å². The van der Waals surface area contributed by atoms with E-state index in [0.29, 0.717) is 16.6 Å². The Morgan fingerprint density at radius 2 is 2.31 bits per heavy atom. The van der Waals surface area contributed by atoms with E-state index in [9.17, 15) is 4.79 Å². The number of nitrogens with one attached hydrogen (secondary N) is 1. The van der Waals surface area contributed by atoms with E-state index in [1.165, 1.54) is 12.3 Å². The third-order valence-corrected chi connectivity index (χ3v) is 1.70. The van der Waals surface area contributed by atoms with Crippen molar-refractivity contribution in [3.63, 3.8) is 0 Å². The molecule has 2 aromatic heterocycles. The van der Waals surface area contributed by atoms with Crippen LogP contribution in [-0.2, 0) is 0 Å². The fourth-order valence-electron chi connectivity index (χ4n) is 1.10. The molecule has 0 saturated heterocycles. The maximum absolute atomic E-state index is 10.9. The van der Waals surface area contributed by atoms with Gasteiger partial charge in [-0.15, -0.1) is 0 Å². The zero-order valence-corrected chi connectivity index (χ0v) is 6.61. The molecule has 2 rings (SSSR count). The molecule has 2 heterocycles. The van der Waals surface area contributed by atoms with Crippen LogP contribution in [0.5, 0.6) is 0 Å². The van der Waals surface area contributed by atoms with Gasteiger partial charge in [0, 0.05) is 12.3 Å². The molecule has 0 aliphatic rings. The van der Waals surface area contributed by atoms with Crippen molar-refractivity contribution in [2.45, 2.75) is 0 Å². The second-order valence-corrected chi connectivity index (χ2v) is 2.59. The fourth-order valence-corrected chi connectivity index (χ4v) is 1.10. The monoisotopic (exact) mass is 171 g/mol. The molecule has 13 heavy (non-hydrogen) atoms. The van der Waals surface area contributed by atoms with E-state index in [1.807, 2.05) is 6.07 Å². The van der Waals surface area contributed by atoms with Gasteiger partial charge in [-0.05, 0) is 12.1 Å². The van der Waals surface area contributed by atoms with E-state index in [0.717, 1.165) is 0 Å². The van der Waals surface area contributed by atoms with Gasteiger partial charge in [-0.2, -0.15) is 5.26 Å². The number of aromatic nitrogens is 2. The number of nitrogens with zero attached hydrogens (tertiary/aromatic N) is 2. The lowest BCUT2D eigenvalue weighted by Gasteiger charge is -1.94. The zero-order chi connectivity index (χ0) is 9.26. The number of rotatable bonds is 0. The Labute approximate surface area is 73.5 Å². The van der Waals surface area contributed by atoms with Crippen LogP contribution in [0.1, 0.15) is 5.56 Å². The number of fused-ring (bicyclic) bond motifs is 1. The van der Waals surface area contributed by atoms with E-state index in [2.05, 4.69) is 9.97 Å². The van der Waals surface area contributed by atoms with Gasteiger partial charge in [-0.25, -0.2) is 0 Å². The van der Waals surface area contributed by atoms with Crippen LogP contribution in [0.3, 0.4) is 0 Å².